The van der Waals surface area contributed by atoms with Gasteiger partial charge in [-0.25, -0.2) is 13.4 Å². The van der Waals surface area contributed by atoms with Gasteiger partial charge in [0.15, 0.2) is 4.96 Å². The molecule has 0 radical (unpaired) electrons. The number of imidazole rings is 1. The minimum absolute atomic E-state index is 0.124. The van der Waals surface area contributed by atoms with Crippen LogP contribution in [0.5, 0.6) is 0 Å². The molecule has 0 aliphatic carbocycles. The first kappa shape index (κ1) is 17.1. The molecule has 0 atom stereocenters. The number of nitrogens with one attached hydrogen (secondary N) is 1. The number of hydrogen-bond donors (Lipinski definition) is 1. The van der Waals surface area contributed by atoms with E-state index >= 15 is 0 Å². The van der Waals surface area contributed by atoms with Crippen molar-refractivity contribution in [1.82, 2.24) is 9.38 Å². The molecule has 5 nitrogen and oxygen atoms in total. The highest BCUT2D eigenvalue weighted by atomic mass is 35.5. The largest absolute Gasteiger partial charge is 0.294 e. The molecule has 0 saturated carbocycles. The maximum atomic E-state index is 12.4. The van der Waals surface area contributed by atoms with E-state index in [9.17, 15) is 8.42 Å². The smallest absolute Gasteiger partial charge is 0.261 e. The summed E-state index contributed by atoms with van der Waals surface area (Å²) in [5.74, 6) is 0. The molecule has 26 heavy (non-hydrogen) atoms. The molecular weight excluding hydrogens is 390 g/mol. The van der Waals surface area contributed by atoms with Crippen molar-refractivity contribution < 1.29 is 8.42 Å². The van der Waals surface area contributed by atoms with Gasteiger partial charge in [0.25, 0.3) is 10.0 Å². The quantitative estimate of drug-likeness (QED) is 0.531. The van der Waals surface area contributed by atoms with Crippen molar-refractivity contribution in [2.75, 3.05) is 4.72 Å². The van der Waals surface area contributed by atoms with E-state index in [0.717, 1.165) is 21.9 Å². The van der Waals surface area contributed by atoms with Crippen LogP contribution in [0.4, 0.5) is 5.69 Å². The van der Waals surface area contributed by atoms with Gasteiger partial charge in [-0.3, -0.25) is 9.12 Å². The normalized spacial score (nSPS) is 11.8. The molecule has 0 aliphatic heterocycles. The third-order valence-corrected chi connectivity index (χ3v) is 6.50. The number of benzene rings is 2. The van der Waals surface area contributed by atoms with Crippen molar-refractivity contribution >= 4 is 43.6 Å². The number of thiazole rings is 1. The summed E-state index contributed by atoms with van der Waals surface area (Å²) >= 11 is 7.47. The van der Waals surface area contributed by atoms with Gasteiger partial charge in [-0.1, -0.05) is 29.8 Å². The Bertz CT molecular complexity index is 1190. The van der Waals surface area contributed by atoms with Crippen LogP contribution in [-0.2, 0) is 10.0 Å². The summed E-state index contributed by atoms with van der Waals surface area (Å²) in [7, 11) is -3.68. The molecule has 2 heterocycles. The summed E-state index contributed by atoms with van der Waals surface area (Å²) in [6.07, 6.45) is 1.98. The molecule has 4 aromatic rings. The van der Waals surface area contributed by atoms with Gasteiger partial charge < -0.3 is 0 Å². The van der Waals surface area contributed by atoms with Crippen LogP contribution in [0.25, 0.3) is 16.2 Å². The van der Waals surface area contributed by atoms with Gasteiger partial charge in [0.2, 0.25) is 0 Å². The van der Waals surface area contributed by atoms with Gasteiger partial charge in [-0.2, -0.15) is 0 Å². The molecule has 0 spiro atoms. The second-order valence-electron chi connectivity index (χ2n) is 5.80. The highest BCUT2D eigenvalue weighted by Crippen LogP contribution is 2.25. The van der Waals surface area contributed by atoms with E-state index in [-0.39, 0.29) is 4.90 Å². The third kappa shape index (κ3) is 3.21. The number of fused-ring (bicyclic) bond motifs is 1. The summed E-state index contributed by atoms with van der Waals surface area (Å²) in [4.78, 5) is 5.65. The Morgan fingerprint density at radius 3 is 2.62 bits per heavy atom. The van der Waals surface area contributed by atoms with Crippen LogP contribution in [0, 0.1) is 6.92 Å². The standard InChI is InChI=1S/C18H14ClN3O2S2/c1-12-11-25-18-20-17(10-22(12)18)13-5-7-15(8-6-13)21-26(23,24)16-4-2-3-14(19)9-16/h2-11,21H,1H3. The highest BCUT2D eigenvalue weighted by Gasteiger charge is 2.15. The molecule has 4 rings (SSSR count). The van der Waals surface area contributed by atoms with Crippen LogP contribution in [0.1, 0.15) is 5.69 Å². The lowest BCUT2D eigenvalue weighted by atomic mass is 10.1. The lowest BCUT2D eigenvalue weighted by Gasteiger charge is -2.08. The van der Waals surface area contributed by atoms with E-state index in [1.807, 2.05) is 29.7 Å². The summed E-state index contributed by atoms with van der Waals surface area (Å²) in [6, 6.07) is 13.3. The lowest BCUT2D eigenvalue weighted by molar-refractivity contribution is 0.601. The lowest BCUT2D eigenvalue weighted by Crippen LogP contribution is -2.12. The van der Waals surface area contributed by atoms with E-state index < -0.39 is 10.0 Å². The molecule has 0 bridgehead atoms. The maximum absolute atomic E-state index is 12.4. The first-order valence-corrected chi connectivity index (χ1v) is 10.5. The number of rotatable bonds is 4. The van der Waals surface area contributed by atoms with Crippen molar-refractivity contribution in [3.05, 3.63) is 70.8 Å². The molecule has 0 aliphatic rings. The molecule has 1 N–H and O–H groups in total. The van der Waals surface area contributed by atoms with Crippen molar-refractivity contribution in [2.45, 2.75) is 11.8 Å². The number of aromatic nitrogens is 2. The molecule has 0 fully saturated rings. The highest BCUT2D eigenvalue weighted by molar-refractivity contribution is 7.92. The zero-order valence-electron chi connectivity index (χ0n) is 13.7. The molecular formula is C18H14ClN3O2S2. The second-order valence-corrected chi connectivity index (χ2v) is 8.75. The topological polar surface area (TPSA) is 63.5 Å². The van der Waals surface area contributed by atoms with Crippen molar-refractivity contribution in [3.8, 4) is 11.3 Å². The van der Waals surface area contributed by atoms with Crippen molar-refractivity contribution in [3.63, 3.8) is 0 Å². The maximum Gasteiger partial charge on any atom is 0.261 e. The summed E-state index contributed by atoms with van der Waals surface area (Å²) in [5.41, 5.74) is 3.38. The molecule has 0 amide bonds. The number of sulfonamides is 1. The summed E-state index contributed by atoms with van der Waals surface area (Å²) in [5, 5.41) is 2.43. The Kier molecular flexibility index (Phi) is 4.22. The van der Waals surface area contributed by atoms with E-state index in [0.29, 0.717) is 10.7 Å². The van der Waals surface area contributed by atoms with Gasteiger partial charge in [0, 0.05) is 33.5 Å². The first-order chi connectivity index (χ1) is 12.4. The van der Waals surface area contributed by atoms with Crippen LogP contribution in [0.15, 0.2) is 65.0 Å². The fourth-order valence-electron chi connectivity index (χ4n) is 2.59. The van der Waals surface area contributed by atoms with Crippen LogP contribution < -0.4 is 4.72 Å². The van der Waals surface area contributed by atoms with Crippen molar-refractivity contribution in [2.24, 2.45) is 0 Å². The van der Waals surface area contributed by atoms with Gasteiger partial charge in [0.05, 0.1) is 10.6 Å². The Morgan fingerprint density at radius 2 is 1.92 bits per heavy atom. The van der Waals surface area contributed by atoms with Gasteiger partial charge in [0.1, 0.15) is 0 Å². The monoisotopic (exact) mass is 403 g/mol. The van der Waals surface area contributed by atoms with Crippen LogP contribution in [0.3, 0.4) is 0 Å². The van der Waals surface area contributed by atoms with Crippen LogP contribution >= 0.6 is 22.9 Å². The minimum atomic E-state index is -3.68. The molecule has 132 valence electrons. The Balaban J connectivity index is 1.59. The van der Waals surface area contributed by atoms with Gasteiger partial charge in [-0.15, -0.1) is 11.3 Å². The predicted octanol–water partition coefficient (Wildman–Crippen LogP) is 4.83. The number of halogens is 1. The number of aryl methyl sites for hydroxylation is 1. The molecule has 2 aromatic carbocycles. The van der Waals surface area contributed by atoms with Crippen molar-refractivity contribution in [1.29, 1.82) is 0 Å². The number of nitrogens with zero attached hydrogens (tertiary/aromatic N) is 2. The minimum Gasteiger partial charge on any atom is -0.294 e. The third-order valence-electron chi connectivity index (χ3n) is 3.93. The number of anilines is 1. The predicted molar refractivity (Wildman–Crippen MR) is 106 cm³/mol. The van der Waals surface area contributed by atoms with E-state index in [2.05, 4.69) is 15.1 Å². The first-order valence-electron chi connectivity index (χ1n) is 7.74. The van der Waals surface area contributed by atoms with E-state index in [4.69, 9.17) is 11.6 Å². The SMILES string of the molecule is Cc1csc2nc(-c3ccc(NS(=O)(=O)c4cccc(Cl)c4)cc3)cn12. The van der Waals surface area contributed by atoms with E-state index in [1.165, 1.54) is 12.1 Å². The zero-order chi connectivity index (χ0) is 18.3. The zero-order valence-corrected chi connectivity index (χ0v) is 16.1. The Hall–Kier alpha value is -2.35. The fraction of sp³-hybridized carbons (Fsp3) is 0.0556. The van der Waals surface area contributed by atoms with Crippen LogP contribution in [0.2, 0.25) is 5.02 Å². The average molecular weight is 404 g/mol. The number of hydrogen-bond acceptors (Lipinski definition) is 4. The fourth-order valence-corrected chi connectivity index (χ4v) is 4.80. The average Bonchev–Trinajstić information content (AvgIpc) is 3.18. The van der Waals surface area contributed by atoms with Gasteiger partial charge >= 0.3 is 0 Å². The summed E-state index contributed by atoms with van der Waals surface area (Å²) < 4.78 is 29.5. The van der Waals surface area contributed by atoms with Gasteiger partial charge in [-0.05, 0) is 37.3 Å². The molecule has 0 saturated heterocycles. The molecule has 2 aromatic heterocycles. The summed E-state index contributed by atoms with van der Waals surface area (Å²) in [6.45, 7) is 2.03. The molecule has 8 heteroatoms. The van der Waals surface area contributed by atoms with E-state index in [1.54, 1.807) is 35.6 Å². The molecule has 0 unspecified atom stereocenters. The van der Waals surface area contributed by atoms with Crippen LogP contribution in [-0.4, -0.2) is 17.8 Å². The Labute approximate surface area is 160 Å². The second kappa shape index (κ2) is 6.42. The Morgan fingerprint density at radius 1 is 1.15 bits per heavy atom.